The van der Waals surface area contributed by atoms with Crippen LogP contribution in [0.25, 0.3) is 33.9 Å². The normalized spacial score (nSPS) is 11.0. The fourth-order valence-electron chi connectivity index (χ4n) is 4.65. The fraction of sp³-hybridized carbons (Fsp3) is 0.0323. The van der Waals surface area contributed by atoms with Crippen LogP contribution in [0, 0.1) is 0 Å². The van der Waals surface area contributed by atoms with Crippen LogP contribution in [0.5, 0.6) is 0 Å². The Balaban J connectivity index is 1.57. The van der Waals surface area contributed by atoms with Crippen molar-refractivity contribution in [1.29, 1.82) is 0 Å². The number of nitrogens with one attached hydrogen (secondary N) is 2. The van der Waals surface area contributed by atoms with Gasteiger partial charge >= 0.3 is 0 Å². The third-order valence-electron chi connectivity index (χ3n) is 6.48. The molecule has 6 nitrogen and oxygen atoms in total. The van der Waals surface area contributed by atoms with Gasteiger partial charge in [-0.25, -0.2) is 9.36 Å². The van der Waals surface area contributed by atoms with Crippen molar-refractivity contribution < 1.29 is 0 Å². The molecule has 4 aromatic carbocycles. The first-order chi connectivity index (χ1) is 18.2. The van der Waals surface area contributed by atoms with Crippen molar-refractivity contribution in [3.63, 3.8) is 0 Å². The van der Waals surface area contributed by atoms with Gasteiger partial charge in [0.05, 0.1) is 22.8 Å². The van der Waals surface area contributed by atoms with E-state index in [2.05, 4.69) is 10.2 Å². The van der Waals surface area contributed by atoms with Crippen molar-refractivity contribution in [1.82, 2.24) is 19.6 Å². The molecule has 2 heterocycles. The molecule has 180 valence electrons. The van der Waals surface area contributed by atoms with Crippen LogP contribution in [-0.2, 0) is 6.42 Å². The minimum Gasteiger partial charge on any atom is -0.290 e. The molecule has 0 spiro atoms. The largest absolute Gasteiger partial charge is 0.290 e. The van der Waals surface area contributed by atoms with Crippen LogP contribution in [-0.4, -0.2) is 19.6 Å². The number of hydrogen-bond donors (Lipinski definition) is 2. The third-order valence-corrected chi connectivity index (χ3v) is 6.48. The van der Waals surface area contributed by atoms with Gasteiger partial charge in [-0.2, -0.15) is 0 Å². The van der Waals surface area contributed by atoms with Crippen LogP contribution in [0.4, 0.5) is 0 Å². The average Bonchev–Trinajstić information content (AvgIpc) is 3.47. The van der Waals surface area contributed by atoms with Crippen LogP contribution in [0.2, 0.25) is 0 Å². The molecule has 0 aliphatic heterocycles. The van der Waals surface area contributed by atoms with Gasteiger partial charge in [-0.15, -0.1) is 0 Å². The molecule has 0 unspecified atom stereocenters. The van der Waals surface area contributed by atoms with E-state index in [1.807, 2.05) is 121 Å². The maximum Gasteiger partial charge on any atom is 0.275 e. The predicted molar refractivity (Wildman–Crippen MR) is 146 cm³/mol. The number of para-hydroxylation sites is 2. The lowest BCUT2D eigenvalue weighted by Crippen LogP contribution is -2.21. The standard InChI is InChI=1S/C31H24N4O2/c36-30-26(28(22-13-5-1-6-14-22)32-34(30)24-17-9-3-10-18-24)21-27-29(23-15-7-2-8-16-23)33-35(31(27)37)25-19-11-4-12-20-25/h1-20,32-33H,21H2. The van der Waals surface area contributed by atoms with Gasteiger partial charge in [0.25, 0.3) is 11.1 Å². The number of H-pyrrole nitrogens is 2. The molecule has 2 N–H and O–H groups in total. The minimum absolute atomic E-state index is 0.165. The van der Waals surface area contributed by atoms with Crippen LogP contribution in [0.15, 0.2) is 131 Å². The number of benzene rings is 4. The monoisotopic (exact) mass is 484 g/mol. The lowest BCUT2D eigenvalue weighted by molar-refractivity contribution is 0.846. The number of hydrogen-bond acceptors (Lipinski definition) is 2. The van der Waals surface area contributed by atoms with Crippen molar-refractivity contribution in [2.75, 3.05) is 0 Å². The van der Waals surface area contributed by atoms with E-state index >= 15 is 0 Å². The number of rotatable bonds is 6. The highest BCUT2D eigenvalue weighted by molar-refractivity contribution is 5.67. The third kappa shape index (κ3) is 4.15. The highest BCUT2D eigenvalue weighted by Gasteiger charge is 2.23. The number of aromatic nitrogens is 4. The summed E-state index contributed by atoms with van der Waals surface area (Å²) in [6.45, 7) is 0. The molecule has 0 aliphatic carbocycles. The molecule has 37 heavy (non-hydrogen) atoms. The van der Waals surface area contributed by atoms with Crippen LogP contribution in [0.1, 0.15) is 11.1 Å². The molecule has 0 bridgehead atoms. The van der Waals surface area contributed by atoms with Crippen LogP contribution in [0.3, 0.4) is 0 Å². The topological polar surface area (TPSA) is 75.6 Å². The summed E-state index contributed by atoms with van der Waals surface area (Å²) in [5.41, 5.74) is 5.30. The molecule has 0 saturated carbocycles. The molecule has 0 saturated heterocycles. The van der Waals surface area contributed by atoms with Crippen molar-refractivity contribution in [2.45, 2.75) is 6.42 Å². The van der Waals surface area contributed by atoms with Crippen molar-refractivity contribution in [2.24, 2.45) is 0 Å². The molecule has 0 radical (unpaired) electrons. The summed E-state index contributed by atoms with van der Waals surface area (Å²) < 4.78 is 3.09. The second kappa shape index (κ2) is 9.51. The van der Waals surface area contributed by atoms with E-state index in [0.29, 0.717) is 22.5 Å². The van der Waals surface area contributed by atoms with Gasteiger partial charge in [-0.3, -0.25) is 19.8 Å². The SMILES string of the molecule is O=c1c(Cc2c(-c3ccccc3)[nH]n(-c3ccccc3)c2=O)c(-c2ccccc2)[nH]n1-c1ccccc1. The van der Waals surface area contributed by atoms with E-state index in [9.17, 15) is 9.59 Å². The Bertz CT molecular complexity index is 1630. The van der Waals surface area contributed by atoms with Gasteiger partial charge in [-0.1, -0.05) is 97.1 Å². The van der Waals surface area contributed by atoms with Crippen molar-refractivity contribution in [3.05, 3.63) is 153 Å². The molecule has 0 atom stereocenters. The molecule has 6 rings (SSSR count). The summed E-state index contributed by atoms with van der Waals surface area (Å²) in [6.07, 6.45) is 0.165. The second-order valence-corrected chi connectivity index (χ2v) is 8.79. The maximum absolute atomic E-state index is 13.8. The highest BCUT2D eigenvalue weighted by Crippen LogP contribution is 2.26. The Morgan fingerprint density at radius 3 is 1.14 bits per heavy atom. The van der Waals surface area contributed by atoms with Gasteiger partial charge in [0.1, 0.15) is 0 Å². The minimum atomic E-state index is -0.184. The Morgan fingerprint density at radius 1 is 0.459 bits per heavy atom. The summed E-state index contributed by atoms with van der Waals surface area (Å²) in [6, 6.07) is 38.4. The zero-order valence-electron chi connectivity index (χ0n) is 20.0. The maximum atomic E-state index is 13.8. The fourth-order valence-corrected chi connectivity index (χ4v) is 4.65. The summed E-state index contributed by atoms with van der Waals surface area (Å²) in [5.74, 6) is 0. The second-order valence-electron chi connectivity index (χ2n) is 8.79. The van der Waals surface area contributed by atoms with E-state index in [1.54, 1.807) is 9.36 Å². The van der Waals surface area contributed by atoms with Gasteiger partial charge in [0.15, 0.2) is 0 Å². The molecule has 0 amide bonds. The Hall–Kier alpha value is -5.10. The lowest BCUT2D eigenvalue weighted by Gasteiger charge is -2.04. The summed E-state index contributed by atoms with van der Waals surface area (Å²) in [4.78, 5) is 27.6. The quantitative estimate of drug-likeness (QED) is 0.324. The summed E-state index contributed by atoms with van der Waals surface area (Å²) >= 11 is 0. The van der Waals surface area contributed by atoms with Gasteiger partial charge in [0, 0.05) is 17.5 Å². The molecule has 0 aliphatic rings. The van der Waals surface area contributed by atoms with Gasteiger partial charge in [0.2, 0.25) is 0 Å². The molecular weight excluding hydrogens is 460 g/mol. The van der Waals surface area contributed by atoms with Gasteiger partial charge < -0.3 is 0 Å². The van der Waals surface area contributed by atoms with Crippen LogP contribution < -0.4 is 11.1 Å². The predicted octanol–water partition coefficient (Wildman–Crippen LogP) is 5.57. The molecule has 6 aromatic rings. The first kappa shape index (κ1) is 22.4. The van der Waals surface area contributed by atoms with Crippen molar-refractivity contribution in [3.8, 4) is 33.9 Å². The molecule has 2 aromatic heterocycles. The van der Waals surface area contributed by atoms with E-state index in [-0.39, 0.29) is 17.5 Å². The van der Waals surface area contributed by atoms with E-state index in [0.717, 1.165) is 22.5 Å². The Labute approximate surface area is 213 Å². The molecule has 6 heteroatoms. The Morgan fingerprint density at radius 2 is 0.784 bits per heavy atom. The van der Waals surface area contributed by atoms with Crippen molar-refractivity contribution >= 4 is 0 Å². The highest BCUT2D eigenvalue weighted by atomic mass is 16.1. The lowest BCUT2D eigenvalue weighted by atomic mass is 9.99. The first-order valence-electron chi connectivity index (χ1n) is 12.1. The first-order valence-corrected chi connectivity index (χ1v) is 12.1. The summed E-state index contributed by atoms with van der Waals surface area (Å²) in [5, 5.41) is 6.61. The zero-order chi connectivity index (χ0) is 25.2. The van der Waals surface area contributed by atoms with Crippen LogP contribution >= 0.6 is 0 Å². The number of aromatic amines is 2. The summed E-state index contributed by atoms with van der Waals surface area (Å²) in [7, 11) is 0. The smallest absolute Gasteiger partial charge is 0.275 e. The van der Waals surface area contributed by atoms with E-state index in [1.165, 1.54) is 0 Å². The van der Waals surface area contributed by atoms with E-state index in [4.69, 9.17) is 0 Å². The molecule has 0 fully saturated rings. The molecular formula is C31H24N4O2. The number of nitrogens with zero attached hydrogens (tertiary/aromatic N) is 2. The van der Waals surface area contributed by atoms with Gasteiger partial charge in [-0.05, 0) is 35.4 Å². The zero-order valence-corrected chi connectivity index (χ0v) is 20.0. The van der Waals surface area contributed by atoms with E-state index < -0.39 is 0 Å². The Kier molecular flexibility index (Phi) is 5.75. The average molecular weight is 485 g/mol.